The van der Waals surface area contributed by atoms with Gasteiger partial charge in [0.05, 0.1) is 19.1 Å². The van der Waals surface area contributed by atoms with Gasteiger partial charge in [0.2, 0.25) is 5.91 Å². The fourth-order valence-corrected chi connectivity index (χ4v) is 2.65. The zero-order valence-corrected chi connectivity index (χ0v) is 12.4. The normalized spacial score (nSPS) is 20.8. The van der Waals surface area contributed by atoms with Crippen LogP contribution in [0.25, 0.3) is 0 Å². The Bertz CT molecular complexity index is 284. The average molecular weight is 268 g/mol. The summed E-state index contributed by atoms with van der Waals surface area (Å²) < 4.78 is 5.82. The lowest BCUT2D eigenvalue weighted by atomic mass is 10.1. The van der Waals surface area contributed by atoms with Gasteiger partial charge in [-0.3, -0.25) is 4.79 Å². The lowest BCUT2D eigenvalue weighted by molar-refractivity contribution is -0.134. The highest BCUT2D eigenvalue weighted by atomic mass is 16.5. The Hall–Kier alpha value is -0.610. The van der Waals surface area contributed by atoms with Gasteiger partial charge in [-0.1, -0.05) is 13.8 Å². The molecule has 1 aliphatic heterocycles. The summed E-state index contributed by atoms with van der Waals surface area (Å²) in [6.45, 7) is 7.92. The first-order valence-corrected chi connectivity index (χ1v) is 7.78. The van der Waals surface area contributed by atoms with Crippen molar-refractivity contribution in [2.24, 2.45) is 5.92 Å². The molecule has 0 aromatic heterocycles. The molecule has 0 atom stereocenters. The molecule has 19 heavy (non-hydrogen) atoms. The number of carbonyl (C=O) groups excluding carboxylic acids is 1. The van der Waals surface area contributed by atoms with Gasteiger partial charge in [0.25, 0.3) is 0 Å². The van der Waals surface area contributed by atoms with Crippen molar-refractivity contribution >= 4 is 5.91 Å². The predicted molar refractivity (Wildman–Crippen MR) is 76.0 cm³/mol. The maximum atomic E-state index is 12.2. The molecular weight excluding hydrogens is 240 g/mol. The highest BCUT2D eigenvalue weighted by Gasteiger charge is 2.32. The zero-order chi connectivity index (χ0) is 13.7. The monoisotopic (exact) mass is 268 g/mol. The molecule has 1 amide bonds. The summed E-state index contributed by atoms with van der Waals surface area (Å²) in [7, 11) is 0. The maximum absolute atomic E-state index is 12.2. The van der Waals surface area contributed by atoms with Gasteiger partial charge in [-0.15, -0.1) is 0 Å². The van der Waals surface area contributed by atoms with Crippen LogP contribution < -0.4 is 5.32 Å². The summed E-state index contributed by atoms with van der Waals surface area (Å²) >= 11 is 0. The van der Waals surface area contributed by atoms with E-state index in [0.29, 0.717) is 31.1 Å². The van der Waals surface area contributed by atoms with E-state index < -0.39 is 0 Å². The number of piperidine rings is 1. The van der Waals surface area contributed by atoms with E-state index in [-0.39, 0.29) is 5.91 Å². The minimum atomic E-state index is 0.283. The number of amides is 1. The highest BCUT2D eigenvalue weighted by Crippen LogP contribution is 2.28. The topological polar surface area (TPSA) is 41.6 Å². The highest BCUT2D eigenvalue weighted by molar-refractivity contribution is 5.77. The van der Waals surface area contributed by atoms with Crippen LogP contribution >= 0.6 is 0 Å². The van der Waals surface area contributed by atoms with Gasteiger partial charge in [0.15, 0.2) is 0 Å². The number of hydrogen-bond donors (Lipinski definition) is 1. The molecule has 0 radical (unpaired) electrons. The largest absolute Gasteiger partial charge is 0.378 e. The average Bonchev–Trinajstić information content (AvgIpc) is 3.21. The van der Waals surface area contributed by atoms with Crippen molar-refractivity contribution in [1.82, 2.24) is 10.2 Å². The number of carbonyl (C=O) groups is 1. The third-order valence-corrected chi connectivity index (χ3v) is 3.83. The van der Waals surface area contributed by atoms with Gasteiger partial charge in [0, 0.05) is 12.6 Å². The minimum absolute atomic E-state index is 0.283. The summed E-state index contributed by atoms with van der Waals surface area (Å²) in [6.07, 6.45) is 5.43. The standard InChI is InChI=1S/C15H28N2O2/c1-12(2)11-17(13-3-4-13)15(18)7-10-19-14-5-8-16-9-6-14/h12-14,16H,3-11H2,1-2H3. The third-order valence-electron chi connectivity index (χ3n) is 3.83. The molecule has 2 fully saturated rings. The van der Waals surface area contributed by atoms with Crippen LogP contribution in [0.15, 0.2) is 0 Å². The van der Waals surface area contributed by atoms with E-state index in [0.717, 1.165) is 32.5 Å². The molecule has 2 aliphatic rings. The second-order valence-corrected chi connectivity index (χ2v) is 6.24. The first-order valence-electron chi connectivity index (χ1n) is 7.78. The van der Waals surface area contributed by atoms with Gasteiger partial charge in [0.1, 0.15) is 0 Å². The van der Waals surface area contributed by atoms with Crippen LogP contribution in [-0.4, -0.2) is 49.2 Å². The van der Waals surface area contributed by atoms with Crippen LogP contribution in [0.1, 0.15) is 46.0 Å². The molecule has 1 saturated carbocycles. The number of nitrogens with zero attached hydrogens (tertiary/aromatic N) is 1. The van der Waals surface area contributed by atoms with E-state index in [1.165, 1.54) is 12.8 Å². The molecule has 110 valence electrons. The Morgan fingerprint density at radius 1 is 1.26 bits per heavy atom. The molecule has 4 heteroatoms. The molecule has 1 aliphatic carbocycles. The second-order valence-electron chi connectivity index (χ2n) is 6.24. The smallest absolute Gasteiger partial charge is 0.225 e. The minimum Gasteiger partial charge on any atom is -0.378 e. The second kappa shape index (κ2) is 7.25. The van der Waals surface area contributed by atoms with Gasteiger partial charge in [-0.2, -0.15) is 0 Å². The summed E-state index contributed by atoms with van der Waals surface area (Å²) in [4.78, 5) is 14.3. The molecule has 0 bridgehead atoms. The van der Waals surface area contributed by atoms with Gasteiger partial charge < -0.3 is 15.0 Å². The van der Waals surface area contributed by atoms with E-state index in [1.807, 2.05) is 0 Å². The maximum Gasteiger partial charge on any atom is 0.225 e. The SMILES string of the molecule is CC(C)CN(C(=O)CCOC1CCNCC1)C1CC1. The molecule has 2 rings (SSSR count). The fourth-order valence-electron chi connectivity index (χ4n) is 2.65. The van der Waals surface area contributed by atoms with Crippen molar-refractivity contribution in [2.75, 3.05) is 26.2 Å². The van der Waals surface area contributed by atoms with E-state index in [9.17, 15) is 4.79 Å². The Balaban J connectivity index is 1.66. The molecule has 0 aromatic carbocycles. The zero-order valence-electron chi connectivity index (χ0n) is 12.4. The summed E-state index contributed by atoms with van der Waals surface area (Å²) in [6, 6.07) is 0.522. The number of ether oxygens (including phenoxy) is 1. The molecule has 4 nitrogen and oxygen atoms in total. The van der Waals surface area contributed by atoms with Crippen molar-refractivity contribution in [3.05, 3.63) is 0 Å². The van der Waals surface area contributed by atoms with Crippen molar-refractivity contribution < 1.29 is 9.53 Å². The van der Waals surface area contributed by atoms with Gasteiger partial charge in [-0.05, 0) is 44.7 Å². The first-order chi connectivity index (χ1) is 9.16. The summed E-state index contributed by atoms with van der Waals surface area (Å²) in [5.74, 6) is 0.833. The quantitative estimate of drug-likeness (QED) is 0.765. The molecule has 1 saturated heterocycles. The Kier molecular flexibility index (Phi) is 5.64. The van der Waals surface area contributed by atoms with Crippen molar-refractivity contribution in [2.45, 2.75) is 58.1 Å². The number of rotatable bonds is 7. The number of hydrogen-bond acceptors (Lipinski definition) is 3. The van der Waals surface area contributed by atoms with Crippen LogP contribution in [0.4, 0.5) is 0 Å². The Labute approximate surface area is 116 Å². The first kappa shape index (κ1) is 14.8. The van der Waals surface area contributed by atoms with E-state index >= 15 is 0 Å². The molecule has 0 spiro atoms. The number of nitrogens with one attached hydrogen (secondary N) is 1. The van der Waals surface area contributed by atoms with Crippen LogP contribution in [-0.2, 0) is 9.53 Å². The van der Waals surface area contributed by atoms with Crippen LogP contribution in [0, 0.1) is 5.92 Å². The Morgan fingerprint density at radius 2 is 1.95 bits per heavy atom. The van der Waals surface area contributed by atoms with Crippen LogP contribution in [0.5, 0.6) is 0 Å². The van der Waals surface area contributed by atoms with Gasteiger partial charge >= 0.3 is 0 Å². The molecular formula is C15H28N2O2. The van der Waals surface area contributed by atoms with Crippen molar-refractivity contribution in [3.8, 4) is 0 Å². The van der Waals surface area contributed by atoms with Crippen molar-refractivity contribution in [3.63, 3.8) is 0 Å². The van der Waals surface area contributed by atoms with E-state index in [1.54, 1.807) is 0 Å². The Morgan fingerprint density at radius 3 is 2.53 bits per heavy atom. The fraction of sp³-hybridized carbons (Fsp3) is 0.933. The van der Waals surface area contributed by atoms with Crippen LogP contribution in [0.3, 0.4) is 0 Å². The van der Waals surface area contributed by atoms with Gasteiger partial charge in [-0.25, -0.2) is 0 Å². The van der Waals surface area contributed by atoms with Crippen molar-refractivity contribution in [1.29, 1.82) is 0 Å². The lowest BCUT2D eigenvalue weighted by Crippen LogP contribution is -2.37. The molecule has 0 aromatic rings. The summed E-state index contributed by atoms with van der Waals surface area (Å²) in [5.41, 5.74) is 0. The third kappa shape index (κ3) is 5.11. The molecule has 1 N–H and O–H groups in total. The van der Waals surface area contributed by atoms with E-state index in [4.69, 9.17) is 4.74 Å². The predicted octanol–water partition coefficient (Wildman–Crippen LogP) is 1.79. The molecule has 1 heterocycles. The molecule has 0 unspecified atom stereocenters. The van der Waals surface area contributed by atoms with Crippen LogP contribution in [0.2, 0.25) is 0 Å². The summed E-state index contributed by atoms with van der Waals surface area (Å²) in [5, 5.41) is 3.32. The lowest BCUT2D eigenvalue weighted by Gasteiger charge is -2.26. The van der Waals surface area contributed by atoms with E-state index in [2.05, 4.69) is 24.1 Å².